The van der Waals surface area contributed by atoms with Crippen molar-refractivity contribution in [2.45, 2.75) is 33.4 Å². The molecule has 0 radical (unpaired) electrons. The van der Waals surface area contributed by atoms with Crippen molar-refractivity contribution < 1.29 is 23.3 Å². The first-order valence-corrected chi connectivity index (χ1v) is 10.7. The van der Waals surface area contributed by atoms with Gasteiger partial charge in [0.05, 0.1) is 17.9 Å². The van der Waals surface area contributed by atoms with Crippen LogP contribution in [0.2, 0.25) is 0 Å². The Balaban J connectivity index is 1.48. The molecule has 3 heterocycles. The lowest BCUT2D eigenvalue weighted by Gasteiger charge is -2.33. The molecule has 0 bridgehead atoms. The van der Waals surface area contributed by atoms with E-state index in [1.54, 1.807) is 61.2 Å². The lowest BCUT2D eigenvalue weighted by Crippen LogP contribution is -2.44. The van der Waals surface area contributed by atoms with Gasteiger partial charge in [-0.15, -0.1) is 0 Å². The molecule has 1 unspecified atom stereocenters. The molecule has 0 saturated heterocycles. The summed E-state index contributed by atoms with van der Waals surface area (Å²) in [6, 6.07) is 13.4. The maximum atomic E-state index is 13.0. The number of aryl methyl sites for hydroxylation is 2. The standard InChI is InChI=1S/C25H21N3O6/c1-13-19(14(2)34-27-13)12-28-20-11-17(8-9-22(20)32-15(3)24(28)30)26-23(29)18-10-16-6-4-5-7-21(16)33-25(18)31/h4-11,15H,12H2,1-3H3,(H,26,29). The molecule has 0 saturated carbocycles. The maximum Gasteiger partial charge on any atom is 0.349 e. The summed E-state index contributed by atoms with van der Waals surface area (Å²) in [5, 5.41) is 7.32. The lowest BCUT2D eigenvalue weighted by atomic mass is 10.1. The van der Waals surface area contributed by atoms with Gasteiger partial charge in [0.1, 0.15) is 22.7 Å². The zero-order chi connectivity index (χ0) is 24.0. The average Bonchev–Trinajstić information content (AvgIpc) is 3.13. The minimum atomic E-state index is -0.735. The molecule has 1 aliphatic rings. The molecule has 0 fully saturated rings. The van der Waals surface area contributed by atoms with Gasteiger partial charge in [-0.1, -0.05) is 23.4 Å². The van der Waals surface area contributed by atoms with Gasteiger partial charge < -0.3 is 23.9 Å². The van der Waals surface area contributed by atoms with E-state index < -0.39 is 17.6 Å². The predicted octanol–water partition coefficient (Wildman–Crippen LogP) is 3.96. The number of fused-ring (bicyclic) bond motifs is 2. The summed E-state index contributed by atoms with van der Waals surface area (Å²) in [6.45, 7) is 5.52. The zero-order valence-corrected chi connectivity index (χ0v) is 18.7. The summed E-state index contributed by atoms with van der Waals surface area (Å²) >= 11 is 0. The third-order valence-electron chi connectivity index (χ3n) is 5.81. The molecule has 1 N–H and O–H groups in total. The highest BCUT2D eigenvalue weighted by Crippen LogP contribution is 2.38. The minimum absolute atomic E-state index is 0.120. The van der Waals surface area contributed by atoms with E-state index in [2.05, 4.69) is 10.5 Å². The number of ether oxygens (including phenoxy) is 1. The smallest absolute Gasteiger partial charge is 0.349 e. The fourth-order valence-corrected chi connectivity index (χ4v) is 3.95. The average molecular weight is 459 g/mol. The molecule has 172 valence electrons. The highest BCUT2D eigenvalue weighted by Gasteiger charge is 2.33. The van der Waals surface area contributed by atoms with Gasteiger partial charge in [0, 0.05) is 16.6 Å². The maximum absolute atomic E-state index is 13.0. The molecule has 9 nitrogen and oxygen atoms in total. The van der Waals surface area contributed by atoms with Crippen LogP contribution in [0.25, 0.3) is 11.0 Å². The molecule has 9 heteroatoms. The third kappa shape index (κ3) is 3.71. The Kier molecular flexibility index (Phi) is 5.16. The molecule has 2 aromatic heterocycles. The first-order valence-electron chi connectivity index (χ1n) is 10.7. The number of amides is 2. The minimum Gasteiger partial charge on any atom is -0.479 e. The second-order valence-electron chi connectivity index (χ2n) is 8.11. The normalized spacial score (nSPS) is 15.2. The Morgan fingerprint density at radius 1 is 1.12 bits per heavy atom. The molecular formula is C25H21N3O6. The van der Waals surface area contributed by atoms with Crippen LogP contribution in [0.5, 0.6) is 5.75 Å². The second-order valence-corrected chi connectivity index (χ2v) is 8.11. The number of hydrogen-bond acceptors (Lipinski definition) is 7. The Morgan fingerprint density at radius 3 is 2.68 bits per heavy atom. The van der Waals surface area contributed by atoms with Crippen molar-refractivity contribution in [3.8, 4) is 5.75 Å². The summed E-state index contributed by atoms with van der Waals surface area (Å²) in [5.74, 6) is 0.278. The van der Waals surface area contributed by atoms with E-state index in [1.165, 1.54) is 6.07 Å². The molecule has 0 spiro atoms. The van der Waals surface area contributed by atoms with Crippen LogP contribution in [0.15, 0.2) is 62.3 Å². The molecule has 1 atom stereocenters. The summed E-state index contributed by atoms with van der Waals surface area (Å²) in [6.07, 6.45) is -0.671. The number of anilines is 2. The Bertz CT molecular complexity index is 1480. The molecule has 1 aliphatic heterocycles. The van der Waals surface area contributed by atoms with Crippen molar-refractivity contribution in [1.82, 2.24) is 5.16 Å². The van der Waals surface area contributed by atoms with Crippen LogP contribution >= 0.6 is 0 Å². The van der Waals surface area contributed by atoms with Crippen LogP contribution < -0.4 is 20.6 Å². The van der Waals surface area contributed by atoms with Crippen LogP contribution in [0, 0.1) is 13.8 Å². The monoisotopic (exact) mass is 459 g/mol. The van der Waals surface area contributed by atoms with Gasteiger partial charge in [-0.25, -0.2) is 4.79 Å². The van der Waals surface area contributed by atoms with E-state index in [0.717, 1.165) is 5.56 Å². The van der Waals surface area contributed by atoms with Crippen molar-refractivity contribution in [3.63, 3.8) is 0 Å². The van der Waals surface area contributed by atoms with Crippen molar-refractivity contribution in [3.05, 3.63) is 81.5 Å². The van der Waals surface area contributed by atoms with Gasteiger partial charge in [0.15, 0.2) is 6.10 Å². The molecule has 4 aromatic rings. The quantitative estimate of drug-likeness (QED) is 0.459. The van der Waals surface area contributed by atoms with Crippen molar-refractivity contribution >= 4 is 34.2 Å². The van der Waals surface area contributed by atoms with Gasteiger partial charge in [-0.05, 0) is 51.1 Å². The number of rotatable bonds is 4. The highest BCUT2D eigenvalue weighted by molar-refractivity contribution is 6.06. The molecule has 34 heavy (non-hydrogen) atoms. The largest absolute Gasteiger partial charge is 0.479 e. The van der Waals surface area contributed by atoms with Crippen LogP contribution in [0.3, 0.4) is 0 Å². The fraction of sp³-hybridized carbons (Fsp3) is 0.200. The number of nitrogens with zero attached hydrogens (tertiary/aromatic N) is 2. The van der Waals surface area contributed by atoms with Gasteiger partial charge >= 0.3 is 5.63 Å². The van der Waals surface area contributed by atoms with Crippen molar-refractivity contribution in [2.24, 2.45) is 0 Å². The fourth-order valence-electron chi connectivity index (χ4n) is 3.95. The van der Waals surface area contributed by atoms with Crippen LogP contribution in [-0.4, -0.2) is 23.1 Å². The second kappa shape index (κ2) is 8.18. The molecular weight excluding hydrogens is 438 g/mol. The Hall–Kier alpha value is -4.40. The number of benzene rings is 2. The Labute approximate surface area is 193 Å². The van der Waals surface area contributed by atoms with Gasteiger partial charge in [-0.3, -0.25) is 9.59 Å². The summed E-state index contributed by atoms with van der Waals surface area (Å²) in [4.78, 5) is 39.8. The topological polar surface area (TPSA) is 115 Å². The highest BCUT2D eigenvalue weighted by atomic mass is 16.5. The predicted molar refractivity (Wildman–Crippen MR) is 124 cm³/mol. The number of hydrogen-bond donors (Lipinski definition) is 1. The molecule has 0 aliphatic carbocycles. The van der Waals surface area contributed by atoms with Crippen LogP contribution in [0.4, 0.5) is 11.4 Å². The lowest BCUT2D eigenvalue weighted by molar-refractivity contribution is -0.125. The van der Waals surface area contributed by atoms with Gasteiger partial charge in [0.25, 0.3) is 11.8 Å². The molecule has 2 aromatic carbocycles. The molecule has 5 rings (SSSR count). The number of nitrogens with one attached hydrogen (secondary N) is 1. The van der Waals surface area contributed by atoms with E-state index in [0.29, 0.717) is 39.5 Å². The SMILES string of the molecule is Cc1noc(C)c1CN1C(=O)C(C)Oc2ccc(NC(=O)c3cc4ccccc4oc3=O)cc21. The number of carbonyl (C=O) groups is 2. The third-order valence-corrected chi connectivity index (χ3v) is 5.81. The van der Waals surface area contributed by atoms with E-state index >= 15 is 0 Å². The van der Waals surface area contributed by atoms with E-state index in [9.17, 15) is 14.4 Å². The van der Waals surface area contributed by atoms with E-state index in [4.69, 9.17) is 13.7 Å². The first-order chi connectivity index (χ1) is 16.3. The van der Waals surface area contributed by atoms with Gasteiger partial charge in [0.2, 0.25) is 0 Å². The summed E-state index contributed by atoms with van der Waals surface area (Å²) in [7, 11) is 0. The zero-order valence-electron chi connectivity index (χ0n) is 18.7. The van der Waals surface area contributed by atoms with Crippen molar-refractivity contribution in [2.75, 3.05) is 10.2 Å². The van der Waals surface area contributed by atoms with Gasteiger partial charge in [-0.2, -0.15) is 0 Å². The van der Waals surface area contributed by atoms with E-state index in [1.807, 2.05) is 6.92 Å². The van der Waals surface area contributed by atoms with E-state index in [-0.39, 0.29) is 18.0 Å². The first kappa shape index (κ1) is 21.4. The number of para-hydroxylation sites is 1. The summed E-state index contributed by atoms with van der Waals surface area (Å²) in [5.41, 5.74) is 1.93. The Morgan fingerprint density at radius 2 is 1.91 bits per heavy atom. The van der Waals surface area contributed by atoms with Crippen LogP contribution in [0.1, 0.15) is 34.3 Å². The van der Waals surface area contributed by atoms with Crippen LogP contribution in [-0.2, 0) is 11.3 Å². The number of aromatic nitrogens is 1. The molecule has 2 amide bonds. The number of carbonyl (C=O) groups excluding carboxylic acids is 2. The van der Waals surface area contributed by atoms with Crippen molar-refractivity contribution in [1.29, 1.82) is 0 Å². The summed E-state index contributed by atoms with van der Waals surface area (Å²) < 4.78 is 16.3.